The van der Waals surface area contributed by atoms with Crippen molar-refractivity contribution in [3.63, 3.8) is 0 Å². The van der Waals surface area contributed by atoms with Crippen LogP contribution >= 0.6 is 0 Å². The monoisotopic (exact) mass is 385 g/mol. The standard InChI is InChI=1S/C23H23N5O/c1-16-8-4-5-9-18(16)20-12-11-19(22(26-20)27(2)3)23(29)24-14-17-15-28-13-7-6-10-21(28)25-17/h4-13,15H,14H2,1-3H3,(H,24,29). The molecule has 3 aromatic heterocycles. The van der Waals surface area contributed by atoms with Gasteiger partial charge in [-0.1, -0.05) is 30.3 Å². The topological polar surface area (TPSA) is 62.5 Å². The molecule has 6 heteroatoms. The lowest BCUT2D eigenvalue weighted by Gasteiger charge is -2.17. The summed E-state index contributed by atoms with van der Waals surface area (Å²) in [4.78, 5) is 24.0. The van der Waals surface area contributed by atoms with Gasteiger partial charge in [-0.3, -0.25) is 4.79 Å². The molecule has 0 aliphatic heterocycles. The van der Waals surface area contributed by atoms with Crippen molar-refractivity contribution in [2.75, 3.05) is 19.0 Å². The van der Waals surface area contributed by atoms with Crippen molar-refractivity contribution in [2.24, 2.45) is 0 Å². The van der Waals surface area contributed by atoms with Crippen molar-refractivity contribution in [2.45, 2.75) is 13.5 Å². The average molecular weight is 385 g/mol. The lowest BCUT2D eigenvalue weighted by Crippen LogP contribution is -2.26. The third-order valence-electron chi connectivity index (χ3n) is 4.81. The maximum atomic E-state index is 12.9. The van der Waals surface area contributed by atoms with Crippen LogP contribution in [0.2, 0.25) is 0 Å². The van der Waals surface area contributed by atoms with Crippen LogP contribution in [0.25, 0.3) is 16.9 Å². The quantitative estimate of drug-likeness (QED) is 0.569. The van der Waals surface area contributed by atoms with E-state index in [4.69, 9.17) is 4.98 Å². The van der Waals surface area contributed by atoms with E-state index in [9.17, 15) is 4.79 Å². The zero-order valence-electron chi connectivity index (χ0n) is 16.8. The van der Waals surface area contributed by atoms with Crippen molar-refractivity contribution < 1.29 is 4.79 Å². The summed E-state index contributed by atoms with van der Waals surface area (Å²) >= 11 is 0. The number of nitrogens with zero attached hydrogens (tertiary/aromatic N) is 4. The highest BCUT2D eigenvalue weighted by atomic mass is 16.1. The molecule has 0 bridgehead atoms. The van der Waals surface area contributed by atoms with Gasteiger partial charge in [0, 0.05) is 32.1 Å². The van der Waals surface area contributed by atoms with Gasteiger partial charge in [0.05, 0.1) is 23.5 Å². The highest BCUT2D eigenvalue weighted by Crippen LogP contribution is 2.25. The predicted molar refractivity (Wildman–Crippen MR) is 115 cm³/mol. The Balaban J connectivity index is 1.58. The summed E-state index contributed by atoms with van der Waals surface area (Å²) in [5.41, 5.74) is 5.26. The molecule has 0 saturated carbocycles. The lowest BCUT2D eigenvalue weighted by molar-refractivity contribution is 0.0950. The number of anilines is 1. The molecule has 4 aromatic rings. The van der Waals surface area contributed by atoms with Gasteiger partial charge in [-0.05, 0) is 36.8 Å². The first-order valence-electron chi connectivity index (χ1n) is 9.48. The Morgan fingerprint density at radius 3 is 2.59 bits per heavy atom. The minimum absolute atomic E-state index is 0.172. The molecule has 1 amide bonds. The normalized spacial score (nSPS) is 10.9. The number of imidazole rings is 1. The summed E-state index contributed by atoms with van der Waals surface area (Å²) in [5, 5.41) is 2.96. The van der Waals surface area contributed by atoms with Gasteiger partial charge in [0.15, 0.2) is 0 Å². The van der Waals surface area contributed by atoms with E-state index in [0.717, 1.165) is 28.2 Å². The van der Waals surface area contributed by atoms with E-state index in [2.05, 4.69) is 23.3 Å². The number of aromatic nitrogens is 3. The summed E-state index contributed by atoms with van der Waals surface area (Å²) in [6.07, 6.45) is 3.86. The minimum Gasteiger partial charge on any atom is -0.362 e. The van der Waals surface area contributed by atoms with E-state index in [0.29, 0.717) is 17.9 Å². The van der Waals surface area contributed by atoms with Crippen LogP contribution in [0.3, 0.4) is 0 Å². The van der Waals surface area contributed by atoms with Gasteiger partial charge in [-0.25, -0.2) is 9.97 Å². The molecule has 0 aliphatic rings. The van der Waals surface area contributed by atoms with Crippen molar-refractivity contribution >= 4 is 17.4 Å². The molecule has 3 heterocycles. The largest absolute Gasteiger partial charge is 0.362 e. The number of rotatable bonds is 5. The van der Waals surface area contributed by atoms with Gasteiger partial charge in [0.2, 0.25) is 0 Å². The predicted octanol–water partition coefficient (Wildman–Crippen LogP) is 3.70. The lowest BCUT2D eigenvalue weighted by atomic mass is 10.0. The molecule has 1 N–H and O–H groups in total. The maximum absolute atomic E-state index is 12.9. The molecule has 0 atom stereocenters. The summed E-state index contributed by atoms with van der Waals surface area (Å²) < 4.78 is 1.94. The third kappa shape index (κ3) is 3.82. The summed E-state index contributed by atoms with van der Waals surface area (Å²) in [7, 11) is 3.78. The number of nitrogens with one attached hydrogen (secondary N) is 1. The first-order chi connectivity index (χ1) is 14.0. The van der Waals surface area contributed by atoms with Crippen LogP contribution in [-0.2, 0) is 6.54 Å². The van der Waals surface area contributed by atoms with E-state index in [1.54, 1.807) is 0 Å². The highest BCUT2D eigenvalue weighted by molar-refractivity contribution is 5.99. The van der Waals surface area contributed by atoms with Gasteiger partial charge in [-0.2, -0.15) is 0 Å². The summed E-state index contributed by atoms with van der Waals surface area (Å²) in [5.74, 6) is 0.466. The number of hydrogen-bond donors (Lipinski definition) is 1. The van der Waals surface area contributed by atoms with Crippen molar-refractivity contribution in [3.8, 4) is 11.3 Å². The van der Waals surface area contributed by atoms with Gasteiger partial charge in [0.1, 0.15) is 11.5 Å². The van der Waals surface area contributed by atoms with Crippen molar-refractivity contribution in [3.05, 3.63) is 83.8 Å². The van der Waals surface area contributed by atoms with Crippen molar-refractivity contribution in [1.29, 1.82) is 0 Å². The fraction of sp³-hybridized carbons (Fsp3) is 0.174. The third-order valence-corrected chi connectivity index (χ3v) is 4.81. The number of aryl methyl sites for hydroxylation is 1. The molecule has 0 aliphatic carbocycles. The molecular formula is C23H23N5O. The molecule has 4 rings (SSSR count). The molecule has 0 spiro atoms. The summed E-state index contributed by atoms with van der Waals surface area (Å²) in [6.45, 7) is 2.41. The Hall–Kier alpha value is -3.67. The SMILES string of the molecule is Cc1ccccc1-c1ccc(C(=O)NCc2cn3ccccc3n2)c(N(C)C)n1. The zero-order valence-corrected chi connectivity index (χ0v) is 16.8. The van der Waals surface area contributed by atoms with E-state index >= 15 is 0 Å². The molecule has 146 valence electrons. The Morgan fingerprint density at radius 2 is 1.83 bits per heavy atom. The second kappa shape index (κ2) is 7.75. The van der Waals surface area contributed by atoms with Gasteiger partial charge in [0.25, 0.3) is 5.91 Å². The fourth-order valence-electron chi connectivity index (χ4n) is 3.32. The second-order valence-electron chi connectivity index (χ2n) is 7.16. The fourth-order valence-corrected chi connectivity index (χ4v) is 3.32. The Labute approximate surface area is 169 Å². The smallest absolute Gasteiger partial charge is 0.255 e. The van der Waals surface area contributed by atoms with E-state index in [1.807, 2.05) is 84.3 Å². The van der Waals surface area contributed by atoms with Crippen LogP contribution < -0.4 is 10.2 Å². The van der Waals surface area contributed by atoms with Crippen LogP contribution in [-0.4, -0.2) is 34.4 Å². The number of pyridine rings is 2. The van der Waals surface area contributed by atoms with E-state index in [-0.39, 0.29) is 5.91 Å². The highest BCUT2D eigenvalue weighted by Gasteiger charge is 2.16. The minimum atomic E-state index is -0.172. The number of hydrogen-bond acceptors (Lipinski definition) is 4. The number of fused-ring (bicyclic) bond motifs is 1. The Bertz CT molecular complexity index is 1150. The zero-order chi connectivity index (χ0) is 20.4. The average Bonchev–Trinajstić information content (AvgIpc) is 3.15. The van der Waals surface area contributed by atoms with Crippen LogP contribution in [0.1, 0.15) is 21.6 Å². The number of amides is 1. The molecule has 29 heavy (non-hydrogen) atoms. The van der Waals surface area contributed by atoms with Crippen LogP contribution in [0.5, 0.6) is 0 Å². The van der Waals surface area contributed by atoms with Crippen LogP contribution in [0.4, 0.5) is 5.82 Å². The Kier molecular flexibility index (Phi) is 4.99. The van der Waals surface area contributed by atoms with Gasteiger partial charge in [-0.15, -0.1) is 0 Å². The molecule has 0 fully saturated rings. The summed E-state index contributed by atoms with van der Waals surface area (Å²) in [6, 6.07) is 17.7. The second-order valence-corrected chi connectivity index (χ2v) is 7.16. The van der Waals surface area contributed by atoms with E-state index in [1.165, 1.54) is 0 Å². The molecule has 0 saturated heterocycles. The van der Waals surface area contributed by atoms with Gasteiger partial charge < -0.3 is 14.6 Å². The maximum Gasteiger partial charge on any atom is 0.255 e. The van der Waals surface area contributed by atoms with Crippen LogP contribution in [0.15, 0.2) is 67.0 Å². The van der Waals surface area contributed by atoms with Crippen molar-refractivity contribution in [1.82, 2.24) is 19.7 Å². The molecule has 0 unspecified atom stereocenters. The molecule has 1 aromatic carbocycles. The first-order valence-corrected chi connectivity index (χ1v) is 9.48. The molecular weight excluding hydrogens is 362 g/mol. The number of carbonyl (C=O) groups is 1. The van der Waals surface area contributed by atoms with E-state index < -0.39 is 0 Å². The first kappa shape index (κ1) is 18.7. The number of carbonyl (C=O) groups excluding carboxylic acids is 1. The molecule has 0 radical (unpaired) electrons. The molecule has 6 nitrogen and oxygen atoms in total. The van der Waals surface area contributed by atoms with Gasteiger partial charge >= 0.3 is 0 Å². The van der Waals surface area contributed by atoms with Crippen LogP contribution in [0, 0.1) is 6.92 Å². The Morgan fingerprint density at radius 1 is 1.03 bits per heavy atom. The number of benzene rings is 1.